The van der Waals surface area contributed by atoms with Gasteiger partial charge in [0.15, 0.2) is 0 Å². The Morgan fingerprint density at radius 3 is 2.10 bits per heavy atom. The molecule has 6 nitrogen and oxygen atoms in total. The second-order valence-corrected chi connectivity index (χ2v) is 6.37. The highest BCUT2D eigenvalue weighted by Gasteiger charge is 2.16. The maximum atomic E-state index is 13.6. The number of ether oxygens (including phenoxy) is 1. The van der Waals surface area contributed by atoms with E-state index < -0.39 is 29.0 Å². The van der Waals surface area contributed by atoms with Crippen molar-refractivity contribution in [1.29, 1.82) is 5.26 Å². The van der Waals surface area contributed by atoms with E-state index >= 15 is 0 Å². The first-order valence-electron chi connectivity index (χ1n) is 9.26. The summed E-state index contributed by atoms with van der Waals surface area (Å²) in [6.07, 6.45) is 0. The average Bonchev–Trinajstić information content (AvgIpc) is 2.77. The Bertz CT molecular complexity index is 1120. The van der Waals surface area contributed by atoms with Crippen LogP contribution in [0, 0.1) is 23.0 Å². The molecule has 3 rings (SSSR count). The largest absolute Gasteiger partial charge is 0.457 e. The number of nitriles is 1. The van der Waals surface area contributed by atoms with E-state index in [9.17, 15) is 18.4 Å². The molecule has 0 fully saturated rings. The molecule has 0 saturated carbocycles. The topological polar surface area (TPSA) is 91.2 Å². The first kappa shape index (κ1) is 21.5. The minimum Gasteiger partial charge on any atom is -0.457 e. The number of carbonyl (C=O) groups excluding carboxylic acids is 2. The third-order valence-corrected chi connectivity index (χ3v) is 4.20. The maximum absolute atomic E-state index is 13.6. The van der Waals surface area contributed by atoms with E-state index in [4.69, 9.17) is 10.00 Å². The maximum Gasteiger partial charge on any atom is 0.257 e. The van der Waals surface area contributed by atoms with Gasteiger partial charge in [-0.05, 0) is 54.6 Å². The first-order valence-corrected chi connectivity index (χ1v) is 9.26. The molecule has 0 spiro atoms. The van der Waals surface area contributed by atoms with Gasteiger partial charge >= 0.3 is 0 Å². The van der Waals surface area contributed by atoms with Gasteiger partial charge in [-0.1, -0.05) is 12.1 Å². The molecule has 0 aromatic heterocycles. The van der Waals surface area contributed by atoms with Gasteiger partial charge in [0.1, 0.15) is 28.7 Å². The molecule has 156 valence electrons. The van der Waals surface area contributed by atoms with Crippen molar-refractivity contribution in [3.63, 3.8) is 0 Å². The molecule has 0 aliphatic rings. The average molecular weight is 421 g/mol. The van der Waals surface area contributed by atoms with Crippen molar-refractivity contribution < 1.29 is 23.1 Å². The van der Waals surface area contributed by atoms with Gasteiger partial charge in [0, 0.05) is 18.7 Å². The van der Waals surface area contributed by atoms with E-state index in [2.05, 4.69) is 10.6 Å². The van der Waals surface area contributed by atoms with Crippen LogP contribution in [-0.4, -0.2) is 24.9 Å². The lowest BCUT2D eigenvalue weighted by Gasteiger charge is -2.10. The van der Waals surface area contributed by atoms with E-state index in [1.807, 2.05) is 6.07 Å². The minimum atomic E-state index is -0.958. The number of nitrogens with zero attached hydrogens (tertiary/aromatic N) is 1. The summed E-state index contributed by atoms with van der Waals surface area (Å²) >= 11 is 0. The normalized spacial score (nSPS) is 10.1. The molecule has 0 bridgehead atoms. The van der Waals surface area contributed by atoms with E-state index in [0.717, 1.165) is 12.1 Å². The first-order chi connectivity index (χ1) is 15.0. The SMILES string of the molecule is N#Cc1ccc(Oc2cccc(C(=O)NCCNC(=O)c3c(F)cccc3F)c2)cc1. The molecule has 2 amide bonds. The van der Waals surface area contributed by atoms with Crippen LogP contribution in [-0.2, 0) is 0 Å². The van der Waals surface area contributed by atoms with Gasteiger partial charge in [0.05, 0.1) is 11.6 Å². The molecule has 0 heterocycles. The standard InChI is InChI=1S/C23H17F2N3O3/c24-19-5-2-6-20(25)21(19)23(30)28-12-11-27-22(29)16-3-1-4-18(13-16)31-17-9-7-15(14-26)8-10-17/h1-10,13H,11-12H2,(H,27,29)(H,28,30). The van der Waals surface area contributed by atoms with E-state index in [0.29, 0.717) is 22.6 Å². The second kappa shape index (κ2) is 9.98. The fraction of sp³-hybridized carbons (Fsp3) is 0.0870. The highest BCUT2D eigenvalue weighted by atomic mass is 19.1. The predicted octanol–water partition coefficient (Wildman–Crippen LogP) is 3.79. The summed E-state index contributed by atoms with van der Waals surface area (Å²) in [6.45, 7) is 0.0428. The smallest absolute Gasteiger partial charge is 0.257 e. The summed E-state index contributed by atoms with van der Waals surface area (Å²) in [4.78, 5) is 24.2. The van der Waals surface area contributed by atoms with Crippen molar-refractivity contribution in [3.05, 3.63) is 95.1 Å². The Balaban J connectivity index is 1.52. The number of benzene rings is 3. The minimum absolute atomic E-state index is 0.0141. The Labute approximate surface area is 177 Å². The zero-order valence-corrected chi connectivity index (χ0v) is 16.2. The third-order valence-electron chi connectivity index (χ3n) is 4.20. The van der Waals surface area contributed by atoms with Crippen LogP contribution >= 0.6 is 0 Å². The summed E-state index contributed by atoms with van der Waals surface area (Å²) in [5, 5.41) is 13.8. The summed E-state index contributed by atoms with van der Waals surface area (Å²) in [6, 6.07) is 18.2. The van der Waals surface area contributed by atoms with Gasteiger partial charge in [-0.2, -0.15) is 5.26 Å². The van der Waals surface area contributed by atoms with Crippen molar-refractivity contribution in [2.75, 3.05) is 13.1 Å². The summed E-state index contributed by atoms with van der Waals surface area (Å²) in [5.41, 5.74) is 0.171. The van der Waals surface area contributed by atoms with Crippen LogP contribution in [0.15, 0.2) is 66.7 Å². The number of rotatable bonds is 7. The molecule has 2 N–H and O–H groups in total. The highest BCUT2D eigenvalue weighted by Crippen LogP contribution is 2.22. The molecule has 0 aliphatic heterocycles. The van der Waals surface area contributed by atoms with Crippen molar-refractivity contribution in [2.24, 2.45) is 0 Å². The number of hydrogen-bond acceptors (Lipinski definition) is 4. The van der Waals surface area contributed by atoms with Gasteiger partial charge in [-0.15, -0.1) is 0 Å². The number of nitrogens with one attached hydrogen (secondary N) is 2. The summed E-state index contributed by atoms with van der Waals surface area (Å²) in [5.74, 6) is -2.28. The van der Waals surface area contributed by atoms with Crippen molar-refractivity contribution in [1.82, 2.24) is 10.6 Å². The Morgan fingerprint density at radius 1 is 0.839 bits per heavy atom. The zero-order chi connectivity index (χ0) is 22.2. The zero-order valence-electron chi connectivity index (χ0n) is 16.2. The van der Waals surface area contributed by atoms with Crippen molar-refractivity contribution in [3.8, 4) is 17.6 Å². The van der Waals surface area contributed by atoms with Crippen LogP contribution in [0.5, 0.6) is 11.5 Å². The van der Waals surface area contributed by atoms with Crippen LogP contribution in [0.4, 0.5) is 8.78 Å². The molecule has 3 aromatic rings. The molecule has 0 atom stereocenters. The lowest BCUT2D eigenvalue weighted by atomic mass is 10.2. The fourth-order valence-electron chi connectivity index (χ4n) is 2.69. The molecular weight excluding hydrogens is 404 g/mol. The van der Waals surface area contributed by atoms with Gasteiger partial charge < -0.3 is 15.4 Å². The van der Waals surface area contributed by atoms with Gasteiger partial charge in [-0.3, -0.25) is 9.59 Å². The molecule has 31 heavy (non-hydrogen) atoms. The second-order valence-electron chi connectivity index (χ2n) is 6.37. The molecule has 0 aliphatic carbocycles. The highest BCUT2D eigenvalue weighted by molar-refractivity contribution is 5.95. The number of halogens is 2. The van der Waals surface area contributed by atoms with E-state index in [1.54, 1.807) is 48.5 Å². The number of hydrogen-bond donors (Lipinski definition) is 2. The van der Waals surface area contributed by atoms with E-state index in [-0.39, 0.29) is 13.1 Å². The Hall–Kier alpha value is -4.25. The van der Waals surface area contributed by atoms with Gasteiger partial charge in [-0.25, -0.2) is 8.78 Å². The Kier molecular flexibility index (Phi) is 6.91. The lowest BCUT2D eigenvalue weighted by Crippen LogP contribution is -2.35. The molecular formula is C23H17F2N3O3. The fourth-order valence-corrected chi connectivity index (χ4v) is 2.69. The Morgan fingerprint density at radius 2 is 1.45 bits per heavy atom. The van der Waals surface area contributed by atoms with Crippen LogP contribution in [0.1, 0.15) is 26.3 Å². The van der Waals surface area contributed by atoms with Crippen LogP contribution in [0.25, 0.3) is 0 Å². The lowest BCUT2D eigenvalue weighted by molar-refractivity contribution is 0.0922. The number of amides is 2. The van der Waals surface area contributed by atoms with Gasteiger partial charge in [0.2, 0.25) is 0 Å². The summed E-state index contributed by atoms with van der Waals surface area (Å²) < 4.78 is 32.9. The van der Waals surface area contributed by atoms with Crippen LogP contribution < -0.4 is 15.4 Å². The van der Waals surface area contributed by atoms with Crippen LogP contribution in [0.2, 0.25) is 0 Å². The molecule has 8 heteroatoms. The van der Waals surface area contributed by atoms with E-state index in [1.165, 1.54) is 6.07 Å². The molecule has 3 aromatic carbocycles. The van der Waals surface area contributed by atoms with Crippen LogP contribution in [0.3, 0.4) is 0 Å². The number of carbonyl (C=O) groups is 2. The predicted molar refractivity (Wildman–Crippen MR) is 109 cm³/mol. The molecule has 0 radical (unpaired) electrons. The van der Waals surface area contributed by atoms with Gasteiger partial charge in [0.25, 0.3) is 11.8 Å². The molecule has 0 saturated heterocycles. The monoisotopic (exact) mass is 421 g/mol. The molecule has 0 unspecified atom stereocenters. The van der Waals surface area contributed by atoms with Crippen molar-refractivity contribution >= 4 is 11.8 Å². The van der Waals surface area contributed by atoms with Crippen molar-refractivity contribution in [2.45, 2.75) is 0 Å². The quantitative estimate of drug-likeness (QED) is 0.568. The third kappa shape index (κ3) is 5.64. The summed E-state index contributed by atoms with van der Waals surface area (Å²) in [7, 11) is 0.